The van der Waals surface area contributed by atoms with Crippen LogP contribution in [0.15, 0.2) is 46.8 Å². The zero-order valence-corrected chi connectivity index (χ0v) is 14.0. The van der Waals surface area contributed by atoms with Crippen LogP contribution in [0.4, 0.5) is 0 Å². The van der Waals surface area contributed by atoms with E-state index in [1.165, 1.54) is 6.33 Å². The molecule has 1 atom stereocenters. The predicted molar refractivity (Wildman–Crippen MR) is 88.3 cm³/mol. The lowest BCUT2D eigenvalue weighted by Gasteiger charge is -2.23. The highest BCUT2D eigenvalue weighted by atomic mass is 32.2. The van der Waals surface area contributed by atoms with Crippen molar-refractivity contribution in [1.82, 2.24) is 19.5 Å². The van der Waals surface area contributed by atoms with Crippen molar-refractivity contribution in [3.8, 4) is 0 Å². The fraction of sp³-hybridized carbons (Fsp3) is 0.267. The molecule has 0 amide bonds. The standard InChI is InChI=1S/C15H14N4O2S2/c1-10-2-4-12(5-3-10)23(20,21)7-11-6-22-15-13-14(16-8-17-15)18-9-19(11)13/h2-5,8-9,11H,6-7H2,1H3/t11-/m1/s1. The van der Waals surface area contributed by atoms with Gasteiger partial charge in [0.15, 0.2) is 15.5 Å². The smallest absolute Gasteiger partial charge is 0.181 e. The van der Waals surface area contributed by atoms with Gasteiger partial charge in [-0.1, -0.05) is 17.7 Å². The van der Waals surface area contributed by atoms with E-state index in [4.69, 9.17) is 0 Å². The molecule has 0 aliphatic carbocycles. The Morgan fingerprint density at radius 1 is 1.22 bits per heavy atom. The van der Waals surface area contributed by atoms with E-state index in [0.717, 1.165) is 16.1 Å². The van der Waals surface area contributed by atoms with Gasteiger partial charge in [0.1, 0.15) is 16.9 Å². The topological polar surface area (TPSA) is 77.7 Å². The summed E-state index contributed by atoms with van der Waals surface area (Å²) in [5.41, 5.74) is 2.48. The Labute approximate surface area is 137 Å². The highest BCUT2D eigenvalue weighted by Gasteiger charge is 2.29. The van der Waals surface area contributed by atoms with Gasteiger partial charge in [-0.15, -0.1) is 11.8 Å². The summed E-state index contributed by atoms with van der Waals surface area (Å²) in [5, 5.41) is 0.858. The number of hydrogen-bond donors (Lipinski definition) is 0. The zero-order valence-electron chi connectivity index (χ0n) is 12.4. The Morgan fingerprint density at radius 2 is 2.00 bits per heavy atom. The Balaban J connectivity index is 1.71. The number of hydrogen-bond acceptors (Lipinski definition) is 6. The van der Waals surface area contributed by atoms with Crippen molar-refractivity contribution < 1.29 is 8.42 Å². The molecule has 0 radical (unpaired) electrons. The molecule has 4 rings (SSSR count). The highest BCUT2D eigenvalue weighted by Crippen LogP contribution is 2.35. The van der Waals surface area contributed by atoms with E-state index >= 15 is 0 Å². The van der Waals surface area contributed by atoms with E-state index in [2.05, 4.69) is 15.0 Å². The fourth-order valence-corrected chi connectivity index (χ4v) is 5.47. The minimum absolute atomic E-state index is 0.0445. The van der Waals surface area contributed by atoms with E-state index in [9.17, 15) is 8.42 Å². The molecule has 3 heterocycles. The molecule has 6 nitrogen and oxygen atoms in total. The number of imidazole rings is 1. The van der Waals surface area contributed by atoms with Gasteiger partial charge < -0.3 is 4.57 Å². The maximum absolute atomic E-state index is 12.7. The molecule has 0 bridgehead atoms. The molecule has 0 N–H and O–H groups in total. The van der Waals surface area contributed by atoms with Crippen molar-refractivity contribution in [1.29, 1.82) is 0 Å². The third-order valence-electron chi connectivity index (χ3n) is 3.93. The largest absolute Gasteiger partial charge is 0.322 e. The molecule has 0 saturated carbocycles. The third-order valence-corrected chi connectivity index (χ3v) is 6.87. The summed E-state index contributed by atoms with van der Waals surface area (Å²) in [7, 11) is -3.36. The van der Waals surface area contributed by atoms with Crippen molar-refractivity contribution in [3.63, 3.8) is 0 Å². The molecular weight excluding hydrogens is 332 g/mol. The van der Waals surface area contributed by atoms with Crippen LogP contribution in [0, 0.1) is 6.92 Å². The summed E-state index contributed by atoms with van der Waals surface area (Å²) >= 11 is 1.56. The lowest BCUT2D eigenvalue weighted by atomic mass is 10.2. The first-order valence-electron chi connectivity index (χ1n) is 7.14. The van der Waals surface area contributed by atoms with Crippen molar-refractivity contribution in [2.24, 2.45) is 0 Å². The molecule has 0 unspecified atom stereocenters. The molecule has 0 saturated heterocycles. The Bertz CT molecular complexity index is 980. The average molecular weight is 346 g/mol. The van der Waals surface area contributed by atoms with Gasteiger partial charge in [-0.3, -0.25) is 0 Å². The van der Waals surface area contributed by atoms with Crippen molar-refractivity contribution >= 4 is 32.8 Å². The van der Waals surface area contributed by atoms with E-state index in [1.807, 2.05) is 23.6 Å². The fourth-order valence-electron chi connectivity index (χ4n) is 2.71. The van der Waals surface area contributed by atoms with Crippen molar-refractivity contribution in [3.05, 3.63) is 42.5 Å². The van der Waals surface area contributed by atoms with Gasteiger partial charge in [-0.25, -0.2) is 23.4 Å². The van der Waals surface area contributed by atoms with Gasteiger partial charge >= 0.3 is 0 Å². The van der Waals surface area contributed by atoms with Crippen LogP contribution in [0.25, 0.3) is 11.2 Å². The number of nitrogens with zero attached hydrogens (tertiary/aromatic N) is 4. The number of aromatic nitrogens is 4. The molecule has 0 fully saturated rings. The molecule has 1 aliphatic heterocycles. The molecular formula is C15H14N4O2S2. The molecule has 2 aromatic heterocycles. The van der Waals surface area contributed by atoms with E-state index < -0.39 is 9.84 Å². The second-order valence-corrected chi connectivity index (χ2v) is 8.61. The number of benzene rings is 1. The number of thioether (sulfide) groups is 1. The lowest BCUT2D eigenvalue weighted by Crippen LogP contribution is -2.24. The van der Waals surface area contributed by atoms with Gasteiger partial charge in [0.25, 0.3) is 0 Å². The first kappa shape index (κ1) is 14.6. The van der Waals surface area contributed by atoms with Crippen LogP contribution in [0.2, 0.25) is 0 Å². The summed E-state index contributed by atoms with van der Waals surface area (Å²) in [6, 6.07) is 6.81. The van der Waals surface area contributed by atoms with Crippen molar-refractivity contribution in [2.75, 3.05) is 11.5 Å². The third kappa shape index (κ3) is 2.51. The van der Waals surface area contributed by atoms with E-state index in [0.29, 0.717) is 16.3 Å². The second-order valence-electron chi connectivity index (χ2n) is 5.56. The molecule has 3 aromatic rings. The molecule has 23 heavy (non-hydrogen) atoms. The van der Waals surface area contributed by atoms with Crippen LogP contribution in [-0.2, 0) is 9.84 Å². The average Bonchev–Trinajstić information content (AvgIpc) is 2.97. The Hall–Kier alpha value is -1.93. The molecule has 1 aromatic carbocycles. The molecule has 0 spiro atoms. The number of rotatable bonds is 3. The maximum Gasteiger partial charge on any atom is 0.181 e. The van der Waals surface area contributed by atoms with Crippen LogP contribution < -0.4 is 0 Å². The number of aryl methyl sites for hydroxylation is 1. The molecule has 1 aliphatic rings. The van der Waals surface area contributed by atoms with Crippen LogP contribution in [0.3, 0.4) is 0 Å². The zero-order chi connectivity index (χ0) is 16.0. The van der Waals surface area contributed by atoms with Crippen molar-refractivity contribution in [2.45, 2.75) is 22.9 Å². The van der Waals surface area contributed by atoms with Gasteiger partial charge in [0.2, 0.25) is 0 Å². The van der Waals surface area contributed by atoms with Gasteiger partial charge in [-0.2, -0.15) is 0 Å². The number of sulfone groups is 1. The van der Waals surface area contributed by atoms with Crippen LogP contribution >= 0.6 is 11.8 Å². The van der Waals surface area contributed by atoms with E-state index in [-0.39, 0.29) is 11.8 Å². The minimum Gasteiger partial charge on any atom is -0.322 e. The summed E-state index contributed by atoms with van der Waals surface area (Å²) < 4.78 is 27.3. The first-order chi connectivity index (χ1) is 11.0. The molecule has 118 valence electrons. The monoisotopic (exact) mass is 346 g/mol. The van der Waals surface area contributed by atoms with Crippen LogP contribution in [-0.4, -0.2) is 39.4 Å². The summed E-state index contributed by atoms with van der Waals surface area (Å²) in [6.07, 6.45) is 3.16. The Kier molecular flexibility index (Phi) is 3.38. The van der Waals surface area contributed by atoms with Gasteiger partial charge in [-0.05, 0) is 19.1 Å². The van der Waals surface area contributed by atoms with Gasteiger partial charge in [0.05, 0.1) is 23.0 Å². The molecule has 8 heteroatoms. The van der Waals surface area contributed by atoms with E-state index in [1.54, 1.807) is 30.2 Å². The Morgan fingerprint density at radius 3 is 2.78 bits per heavy atom. The minimum atomic E-state index is -3.36. The quantitative estimate of drug-likeness (QED) is 0.677. The summed E-state index contributed by atoms with van der Waals surface area (Å²) in [4.78, 5) is 13.0. The normalized spacial score (nSPS) is 17.5. The van der Waals surface area contributed by atoms with Crippen LogP contribution in [0.1, 0.15) is 11.6 Å². The first-order valence-corrected chi connectivity index (χ1v) is 9.78. The SMILES string of the molecule is Cc1ccc(S(=O)(=O)C[C@H]2CSc3ncnc4ncn2c34)cc1. The highest BCUT2D eigenvalue weighted by molar-refractivity contribution is 7.99. The predicted octanol–water partition coefficient (Wildman–Crippen LogP) is 2.26. The summed E-state index contributed by atoms with van der Waals surface area (Å²) in [5.74, 6) is 0.698. The second kappa shape index (κ2) is 5.31. The lowest BCUT2D eigenvalue weighted by molar-refractivity contribution is 0.563. The maximum atomic E-state index is 12.7. The van der Waals surface area contributed by atoms with Gasteiger partial charge in [0, 0.05) is 5.75 Å². The summed E-state index contributed by atoms with van der Waals surface area (Å²) in [6.45, 7) is 1.94. The van der Waals surface area contributed by atoms with Crippen LogP contribution in [0.5, 0.6) is 0 Å².